The van der Waals surface area contributed by atoms with Crippen LogP contribution in [-0.2, 0) is 10.1 Å². The normalized spacial score (nSPS) is 16.9. The molecule has 8 heteroatoms. The van der Waals surface area contributed by atoms with Gasteiger partial charge in [-0.2, -0.15) is 8.42 Å². The predicted octanol–water partition coefficient (Wildman–Crippen LogP) is -0.545. The van der Waals surface area contributed by atoms with E-state index in [4.69, 9.17) is 10.3 Å². The van der Waals surface area contributed by atoms with Crippen LogP contribution in [0.2, 0.25) is 0 Å². The molecule has 0 aromatic heterocycles. The van der Waals surface area contributed by atoms with E-state index in [0.717, 1.165) is 0 Å². The monoisotopic (exact) mass is 270 g/mol. The van der Waals surface area contributed by atoms with Gasteiger partial charge in [0, 0.05) is 6.54 Å². The Morgan fingerprint density at radius 3 is 1.94 bits per heavy atom. The third-order valence-corrected chi connectivity index (χ3v) is 3.75. The van der Waals surface area contributed by atoms with E-state index in [0.29, 0.717) is 4.90 Å². The minimum atomic E-state index is -4.62. The summed E-state index contributed by atoms with van der Waals surface area (Å²) in [6.07, 6.45) is 0. The summed E-state index contributed by atoms with van der Waals surface area (Å²) in [5.41, 5.74) is 5.42. The van der Waals surface area contributed by atoms with Crippen molar-refractivity contribution in [1.82, 2.24) is 4.90 Å². The maximum Gasteiger partial charge on any atom is 0.288 e. The molecule has 0 fully saturated rings. The quantitative estimate of drug-likeness (QED) is 0.562. The van der Waals surface area contributed by atoms with Gasteiger partial charge >= 0.3 is 0 Å². The fourth-order valence-corrected chi connectivity index (χ4v) is 2.53. The van der Waals surface area contributed by atoms with E-state index in [1.807, 2.05) is 0 Å². The SMILES string of the molecule is NCC(N1C(=O)c2ccccc2C1=O)S(=O)(=O)O. The van der Waals surface area contributed by atoms with Crippen LogP contribution in [0, 0.1) is 0 Å². The first-order valence-corrected chi connectivity index (χ1v) is 6.51. The molecule has 0 saturated carbocycles. The van der Waals surface area contributed by atoms with Crippen LogP contribution < -0.4 is 5.73 Å². The molecule has 18 heavy (non-hydrogen) atoms. The fourth-order valence-electron chi connectivity index (χ4n) is 1.83. The number of amides is 2. The average Bonchev–Trinajstić information content (AvgIpc) is 2.54. The fraction of sp³-hybridized carbons (Fsp3) is 0.200. The molecule has 1 aromatic carbocycles. The molecular formula is C10H10N2O5S. The highest BCUT2D eigenvalue weighted by atomic mass is 32.2. The van der Waals surface area contributed by atoms with Crippen LogP contribution in [-0.4, -0.2) is 41.6 Å². The molecule has 3 N–H and O–H groups in total. The molecule has 1 atom stereocenters. The highest BCUT2D eigenvalue weighted by molar-refractivity contribution is 7.86. The number of hydrogen-bond acceptors (Lipinski definition) is 5. The molecule has 0 aliphatic carbocycles. The van der Waals surface area contributed by atoms with Crippen molar-refractivity contribution in [2.45, 2.75) is 5.37 Å². The number of nitrogens with zero attached hydrogens (tertiary/aromatic N) is 1. The summed E-state index contributed by atoms with van der Waals surface area (Å²) in [6.45, 7) is -0.565. The Morgan fingerprint density at radius 2 is 1.61 bits per heavy atom. The summed E-state index contributed by atoms with van der Waals surface area (Å²) >= 11 is 0. The van der Waals surface area contributed by atoms with Crippen molar-refractivity contribution < 1.29 is 22.6 Å². The van der Waals surface area contributed by atoms with Crippen molar-refractivity contribution in [2.24, 2.45) is 5.73 Å². The smallest absolute Gasteiger partial charge is 0.288 e. The van der Waals surface area contributed by atoms with Crippen LogP contribution in [0.15, 0.2) is 24.3 Å². The zero-order valence-corrected chi connectivity index (χ0v) is 9.92. The molecule has 2 rings (SSSR count). The summed E-state index contributed by atoms with van der Waals surface area (Å²) in [5, 5.41) is -1.76. The summed E-state index contributed by atoms with van der Waals surface area (Å²) < 4.78 is 31.2. The van der Waals surface area contributed by atoms with Crippen molar-refractivity contribution in [1.29, 1.82) is 0 Å². The number of hydrogen-bond donors (Lipinski definition) is 2. The lowest BCUT2D eigenvalue weighted by Gasteiger charge is -2.21. The summed E-state index contributed by atoms with van der Waals surface area (Å²) in [6, 6.07) is 5.93. The van der Waals surface area contributed by atoms with Crippen molar-refractivity contribution in [3.63, 3.8) is 0 Å². The van der Waals surface area contributed by atoms with Crippen LogP contribution in [0.1, 0.15) is 20.7 Å². The van der Waals surface area contributed by atoms with Crippen LogP contribution in [0.4, 0.5) is 0 Å². The number of benzene rings is 1. The second-order valence-corrected chi connectivity index (χ2v) is 5.31. The molecule has 2 amide bonds. The van der Waals surface area contributed by atoms with Gasteiger partial charge in [-0.05, 0) is 12.1 Å². The van der Waals surface area contributed by atoms with Gasteiger partial charge in [0.2, 0.25) is 0 Å². The minimum absolute atomic E-state index is 0.101. The Kier molecular flexibility index (Phi) is 2.93. The van der Waals surface area contributed by atoms with Crippen molar-refractivity contribution >= 4 is 21.9 Å². The van der Waals surface area contributed by atoms with Gasteiger partial charge < -0.3 is 5.73 Å². The van der Waals surface area contributed by atoms with Gasteiger partial charge in [0.25, 0.3) is 21.9 Å². The number of rotatable bonds is 3. The van der Waals surface area contributed by atoms with E-state index in [1.165, 1.54) is 12.1 Å². The molecule has 1 heterocycles. The molecule has 0 bridgehead atoms. The Hall–Kier alpha value is -1.77. The van der Waals surface area contributed by atoms with E-state index in [1.54, 1.807) is 12.1 Å². The zero-order chi connectivity index (χ0) is 13.5. The van der Waals surface area contributed by atoms with Crippen molar-refractivity contribution in [2.75, 3.05) is 6.54 Å². The first kappa shape index (κ1) is 12.7. The molecule has 7 nitrogen and oxygen atoms in total. The number of imide groups is 1. The molecule has 0 saturated heterocycles. The zero-order valence-electron chi connectivity index (χ0n) is 9.11. The number of carbonyl (C=O) groups excluding carboxylic acids is 2. The maximum absolute atomic E-state index is 11.9. The predicted molar refractivity (Wildman–Crippen MR) is 61.3 cm³/mol. The molecule has 1 aliphatic heterocycles. The number of carbonyl (C=O) groups is 2. The van der Waals surface area contributed by atoms with Crippen molar-refractivity contribution in [3.05, 3.63) is 35.4 Å². The number of fused-ring (bicyclic) bond motifs is 1. The topological polar surface area (TPSA) is 118 Å². The molecular weight excluding hydrogens is 260 g/mol. The van der Waals surface area contributed by atoms with Crippen LogP contribution in [0.3, 0.4) is 0 Å². The first-order valence-electron chi connectivity index (χ1n) is 5.01. The molecule has 96 valence electrons. The molecule has 1 aliphatic rings. The first-order chi connectivity index (χ1) is 8.38. The molecule has 0 radical (unpaired) electrons. The second-order valence-electron chi connectivity index (χ2n) is 3.73. The minimum Gasteiger partial charge on any atom is -0.327 e. The van der Waals surface area contributed by atoms with Gasteiger partial charge in [-0.3, -0.25) is 19.0 Å². The van der Waals surface area contributed by atoms with Gasteiger partial charge in [-0.25, -0.2) is 0 Å². The largest absolute Gasteiger partial charge is 0.327 e. The third-order valence-electron chi connectivity index (χ3n) is 2.66. The lowest BCUT2D eigenvalue weighted by Crippen LogP contribution is -2.48. The third kappa shape index (κ3) is 1.80. The summed E-state index contributed by atoms with van der Waals surface area (Å²) in [4.78, 5) is 24.3. The van der Waals surface area contributed by atoms with Crippen LogP contribution in [0.25, 0.3) is 0 Å². The standard InChI is InChI=1S/C10H10N2O5S/c11-5-8(18(15,16)17)12-9(13)6-3-1-2-4-7(6)10(12)14/h1-4,8H,5,11H2,(H,15,16,17). The Morgan fingerprint density at radius 1 is 1.17 bits per heavy atom. The Balaban J connectivity index is 2.52. The van der Waals surface area contributed by atoms with E-state index < -0.39 is 33.9 Å². The summed E-state index contributed by atoms with van der Waals surface area (Å²) in [5.74, 6) is -1.55. The van der Waals surface area contributed by atoms with Crippen LogP contribution >= 0.6 is 0 Å². The van der Waals surface area contributed by atoms with Crippen molar-refractivity contribution in [3.8, 4) is 0 Å². The molecule has 1 unspecified atom stereocenters. The Bertz CT molecular complexity index is 590. The lowest BCUT2D eigenvalue weighted by atomic mass is 10.1. The lowest BCUT2D eigenvalue weighted by molar-refractivity contribution is 0.0629. The van der Waals surface area contributed by atoms with Gasteiger partial charge in [0.1, 0.15) is 0 Å². The van der Waals surface area contributed by atoms with E-state index in [2.05, 4.69) is 0 Å². The van der Waals surface area contributed by atoms with E-state index >= 15 is 0 Å². The van der Waals surface area contributed by atoms with Gasteiger partial charge in [-0.1, -0.05) is 12.1 Å². The highest BCUT2D eigenvalue weighted by Crippen LogP contribution is 2.25. The summed E-state index contributed by atoms with van der Waals surface area (Å²) in [7, 11) is -4.62. The second kappa shape index (κ2) is 4.16. The molecule has 1 aromatic rings. The molecule has 0 spiro atoms. The van der Waals surface area contributed by atoms with E-state index in [-0.39, 0.29) is 11.1 Å². The Labute approximate surface area is 103 Å². The number of nitrogens with two attached hydrogens (primary N) is 1. The van der Waals surface area contributed by atoms with E-state index in [9.17, 15) is 18.0 Å². The maximum atomic E-state index is 11.9. The van der Waals surface area contributed by atoms with Crippen LogP contribution in [0.5, 0.6) is 0 Å². The van der Waals surface area contributed by atoms with Gasteiger partial charge in [0.15, 0.2) is 5.37 Å². The highest BCUT2D eigenvalue weighted by Gasteiger charge is 2.43. The average molecular weight is 270 g/mol. The van der Waals surface area contributed by atoms with Gasteiger partial charge in [0.05, 0.1) is 11.1 Å². The van der Waals surface area contributed by atoms with Gasteiger partial charge in [-0.15, -0.1) is 0 Å².